The minimum Gasteiger partial charge on any atom is -0.343 e. The number of hydrogen-bond acceptors (Lipinski definition) is 3. The summed E-state index contributed by atoms with van der Waals surface area (Å²) in [5.41, 5.74) is 6.05. The molecule has 1 saturated carbocycles. The standard InChI is InChI=1S/C19H33N3O2/c1-19(20)9-3-2-6-16(19)18(24)22-12-7-15(8-13-22)14-17(23)21-10-4-5-11-21/h15-16H,2-14,20H2,1H3. The number of carbonyl (C=O) groups excluding carboxylic acids is 2. The quantitative estimate of drug-likeness (QED) is 0.859. The number of carbonyl (C=O) groups is 2. The minimum atomic E-state index is -0.349. The summed E-state index contributed by atoms with van der Waals surface area (Å²) in [7, 11) is 0. The molecule has 0 bridgehead atoms. The Morgan fingerprint density at radius 3 is 2.25 bits per heavy atom. The van der Waals surface area contributed by atoms with Gasteiger partial charge in [0.15, 0.2) is 0 Å². The van der Waals surface area contributed by atoms with Gasteiger partial charge in [0.2, 0.25) is 11.8 Å². The van der Waals surface area contributed by atoms with E-state index in [4.69, 9.17) is 5.73 Å². The number of likely N-dealkylation sites (tertiary alicyclic amines) is 2. The third kappa shape index (κ3) is 3.93. The van der Waals surface area contributed by atoms with E-state index in [9.17, 15) is 9.59 Å². The maximum Gasteiger partial charge on any atom is 0.227 e. The fourth-order valence-electron chi connectivity index (χ4n) is 4.68. The van der Waals surface area contributed by atoms with Crippen LogP contribution in [0.3, 0.4) is 0 Å². The van der Waals surface area contributed by atoms with E-state index in [1.165, 1.54) is 0 Å². The Morgan fingerprint density at radius 1 is 0.958 bits per heavy atom. The van der Waals surface area contributed by atoms with Gasteiger partial charge in [-0.1, -0.05) is 12.8 Å². The number of amides is 2. The van der Waals surface area contributed by atoms with Crippen LogP contribution in [0, 0.1) is 11.8 Å². The smallest absolute Gasteiger partial charge is 0.227 e. The summed E-state index contributed by atoms with van der Waals surface area (Å²) < 4.78 is 0. The van der Waals surface area contributed by atoms with E-state index in [-0.39, 0.29) is 17.4 Å². The van der Waals surface area contributed by atoms with Gasteiger partial charge in [0.1, 0.15) is 0 Å². The zero-order valence-electron chi connectivity index (χ0n) is 15.1. The molecule has 24 heavy (non-hydrogen) atoms. The number of rotatable bonds is 3. The molecule has 0 aromatic rings. The first-order chi connectivity index (χ1) is 11.5. The SMILES string of the molecule is CC1(N)CCCCC1C(=O)N1CCC(CC(=O)N2CCCC2)CC1. The molecule has 2 N–H and O–H groups in total. The summed E-state index contributed by atoms with van der Waals surface area (Å²) in [6.07, 6.45) is 9.01. The number of hydrogen-bond donors (Lipinski definition) is 1. The molecule has 5 nitrogen and oxygen atoms in total. The molecular formula is C19H33N3O2. The normalized spacial score (nSPS) is 32.2. The number of nitrogens with zero attached hydrogens (tertiary/aromatic N) is 2. The van der Waals surface area contributed by atoms with Crippen LogP contribution in [0.1, 0.15) is 64.7 Å². The lowest BCUT2D eigenvalue weighted by Crippen LogP contribution is -2.54. The Bertz CT molecular complexity index is 463. The van der Waals surface area contributed by atoms with Crippen molar-refractivity contribution in [1.82, 2.24) is 9.80 Å². The summed E-state index contributed by atoms with van der Waals surface area (Å²) in [5.74, 6) is 0.995. The Balaban J connectivity index is 1.47. The van der Waals surface area contributed by atoms with Crippen LogP contribution in [-0.2, 0) is 9.59 Å². The van der Waals surface area contributed by atoms with Crippen LogP contribution in [0.5, 0.6) is 0 Å². The summed E-state index contributed by atoms with van der Waals surface area (Å²) in [6.45, 7) is 5.50. The monoisotopic (exact) mass is 335 g/mol. The van der Waals surface area contributed by atoms with Crippen molar-refractivity contribution in [3.05, 3.63) is 0 Å². The first kappa shape index (κ1) is 17.7. The van der Waals surface area contributed by atoms with E-state index in [2.05, 4.69) is 0 Å². The van der Waals surface area contributed by atoms with Crippen molar-refractivity contribution < 1.29 is 9.59 Å². The average molecular weight is 335 g/mol. The maximum absolute atomic E-state index is 12.9. The second-order valence-corrected chi connectivity index (χ2v) is 8.36. The van der Waals surface area contributed by atoms with Crippen LogP contribution < -0.4 is 5.73 Å². The van der Waals surface area contributed by atoms with Crippen molar-refractivity contribution in [1.29, 1.82) is 0 Å². The van der Waals surface area contributed by atoms with Gasteiger partial charge in [-0.15, -0.1) is 0 Å². The van der Waals surface area contributed by atoms with Crippen LogP contribution >= 0.6 is 0 Å². The van der Waals surface area contributed by atoms with E-state index in [0.717, 1.165) is 77.5 Å². The van der Waals surface area contributed by atoms with Crippen LogP contribution in [0.2, 0.25) is 0 Å². The average Bonchev–Trinajstić information content (AvgIpc) is 3.09. The van der Waals surface area contributed by atoms with Crippen molar-refractivity contribution in [2.24, 2.45) is 17.6 Å². The first-order valence-corrected chi connectivity index (χ1v) is 9.83. The lowest BCUT2D eigenvalue weighted by Gasteiger charge is -2.41. The molecule has 5 heteroatoms. The molecule has 2 aliphatic heterocycles. The summed E-state index contributed by atoms with van der Waals surface area (Å²) in [4.78, 5) is 29.2. The van der Waals surface area contributed by atoms with E-state index in [0.29, 0.717) is 18.2 Å². The second kappa shape index (κ2) is 7.42. The molecule has 1 aliphatic carbocycles. The molecule has 2 heterocycles. The van der Waals surface area contributed by atoms with Gasteiger partial charge in [-0.05, 0) is 51.4 Å². The number of piperidine rings is 1. The lowest BCUT2D eigenvalue weighted by molar-refractivity contribution is -0.140. The van der Waals surface area contributed by atoms with Gasteiger partial charge >= 0.3 is 0 Å². The molecule has 2 unspecified atom stereocenters. The van der Waals surface area contributed by atoms with Gasteiger partial charge in [-0.3, -0.25) is 9.59 Å². The van der Waals surface area contributed by atoms with Crippen LogP contribution in [0.15, 0.2) is 0 Å². The van der Waals surface area contributed by atoms with Gasteiger partial charge in [0, 0.05) is 38.1 Å². The molecule has 3 fully saturated rings. The molecular weight excluding hydrogens is 302 g/mol. The van der Waals surface area contributed by atoms with Crippen molar-refractivity contribution in [2.75, 3.05) is 26.2 Å². The zero-order valence-corrected chi connectivity index (χ0v) is 15.1. The Kier molecular flexibility index (Phi) is 5.48. The van der Waals surface area contributed by atoms with Gasteiger partial charge < -0.3 is 15.5 Å². The van der Waals surface area contributed by atoms with Crippen LogP contribution in [-0.4, -0.2) is 53.3 Å². The molecule has 0 aromatic heterocycles. The molecule has 2 atom stereocenters. The van der Waals surface area contributed by atoms with Gasteiger partial charge in [-0.25, -0.2) is 0 Å². The van der Waals surface area contributed by atoms with Gasteiger partial charge in [0.25, 0.3) is 0 Å². The molecule has 3 aliphatic rings. The second-order valence-electron chi connectivity index (χ2n) is 8.36. The zero-order chi connectivity index (χ0) is 17.2. The Labute approximate surface area is 145 Å². The minimum absolute atomic E-state index is 0.0194. The van der Waals surface area contributed by atoms with Crippen molar-refractivity contribution in [3.63, 3.8) is 0 Å². The van der Waals surface area contributed by atoms with E-state index >= 15 is 0 Å². The highest BCUT2D eigenvalue weighted by atomic mass is 16.2. The fourth-order valence-corrected chi connectivity index (χ4v) is 4.68. The van der Waals surface area contributed by atoms with Crippen molar-refractivity contribution in [2.45, 2.75) is 70.3 Å². The van der Waals surface area contributed by atoms with E-state index < -0.39 is 0 Å². The summed E-state index contributed by atoms with van der Waals surface area (Å²) in [5, 5.41) is 0. The van der Waals surface area contributed by atoms with Crippen molar-refractivity contribution >= 4 is 11.8 Å². The van der Waals surface area contributed by atoms with Gasteiger partial charge in [0.05, 0.1) is 5.92 Å². The lowest BCUT2D eigenvalue weighted by atomic mass is 9.73. The molecule has 0 spiro atoms. The highest BCUT2D eigenvalue weighted by Gasteiger charge is 2.40. The predicted molar refractivity (Wildman–Crippen MR) is 94.3 cm³/mol. The molecule has 0 aromatic carbocycles. The summed E-state index contributed by atoms with van der Waals surface area (Å²) >= 11 is 0. The highest BCUT2D eigenvalue weighted by molar-refractivity contribution is 5.80. The topological polar surface area (TPSA) is 66.6 Å². The summed E-state index contributed by atoms with van der Waals surface area (Å²) in [6, 6.07) is 0. The first-order valence-electron chi connectivity index (χ1n) is 9.83. The van der Waals surface area contributed by atoms with Gasteiger partial charge in [-0.2, -0.15) is 0 Å². The fraction of sp³-hybridized carbons (Fsp3) is 0.895. The highest BCUT2D eigenvalue weighted by Crippen LogP contribution is 2.34. The molecule has 136 valence electrons. The largest absolute Gasteiger partial charge is 0.343 e. The molecule has 2 amide bonds. The van der Waals surface area contributed by atoms with E-state index in [1.807, 2.05) is 16.7 Å². The Hall–Kier alpha value is -1.10. The van der Waals surface area contributed by atoms with E-state index in [1.54, 1.807) is 0 Å². The Morgan fingerprint density at radius 2 is 1.62 bits per heavy atom. The van der Waals surface area contributed by atoms with Crippen LogP contribution in [0.4, 0.5) is 0 Å². The third-order valence-electron chi connectivity index (χ3n) is 6.40. The molecule has 0 radical (unpaired) electrons. The predicted octanol–water partition coefficient (Wildman–Crippen LogP) is 2.15. The number of nitrogens with two attached hydrogens (primary N) is 1. The molecule has 3 rings (SSSR count). The molecule has 2 saturated heterocycles. The maximum atomic E-state index is 12.9. The van der Waals surface area contributed by atoms with Crippen LogP contribution in [0.25, 0.3) is 0 Å². The van der Waals surface area contributed by atoms with Crippen molar-refractivity contribution in [3.8, 4) is 0 Å². The third-order valence-corrected chi connectivity index (χ3v) is 6.40.